The minimum absolute atomic E-state index is 0. The first kappa shape index (κ1) is 17.1. The van der Waals surface area contributed by atoms with E-state index in [0.29, 0.717) is 0 Å². The van der Waals surface area contributed by atoms with E-state index in [-0.39, 0.29) is 12.4 Å². The molecule has 3 heteroatoms. The fourth-order valence-electron chi connectivity index (χ4n) is 2.71. The summed E-state index contributed by atoms with van der Waals surface area (Å²) in [6, 6.07) is 17.6. The van der Waals surface area contributed by atoms with E-state index in [4.69, 9.17) is 0 Å². The van der Waals surface area contributed by atoms with Gasteiger partial charge in [-0.3, -0.25) is 0 Å². The lowest BCUT2D eigenvalue weighted by Gasteiger charge is -2.12. The maximum absolute atomic E-state index is 2.41. The van der Waals surface area contributed by atoms with Crippen molar-refractivity contribution in [2.45, 2.75) is 17.1 Å². The number of rotatable bonds is 3. The van der Waals surface area contributed by atoms with Crippen molar-refractivity contribution in [3.63, 3.8) is 0 Å². The average Bonchev–Trinajstić information content (AvgIpc) is 2.65. The first-order valence-electron chi connectivity index (χ1n) is 7.41. The largest absolute Gasteiger partial charge is 1.00 e. The molecule has 0 spiro atoms. The lowest BCUT2D eigenvalue weighted by Crippen LogP contribution is -3.00. The van der Waals surface area contributed by atoms with Crippen LogP contribution in [0.1, 0.15) is 23.1 Å². The summed E-state index contributed by atoms with van der Waals surface area (Å²) in [6.07, 6.45) is 3.49. The van der Waals surface area contributed by atoms with Crippen molar-refractivity contribution in [2.24, 2.45) is 0 Å². The van der Waals surface area contributed by atoms with Gasteiger partial charge in [-0.2, -0.15) is 0 Å². The molecule has 2 aromatic rings. The van der Waals surface area contributed by atoms with E-state index in [9.17, 15) is 0 Å². The van der Waals surface area contributed by atoms with E-state index in [0.717, 1.165) is 18.7 Å². The van der Waals surface area contributed by atoms with Crippen LogP contribution >= 0.6 is 11.8 Å². The molecule has 22 heavy (non-hydrogen) atoms. The zero-order chi connectivity index (χ0) is 14.7. The van der Waals surface area contributed by atoms with E-state index in [1.807, 2.05) is 11.8 Å². The minimum Gasteiger partial charge on any atom is -1.00 e. The second-order valence-corrected chi connectivity index (χ2v) is 6.67. The average molecular weight is 331 g/mol. The van der Waals surface area contributed by atoms with Crippen molar-refractivity contribution in [1.82, 2.24) is 4.90 Å². The second kappa shape index (κ2) is 7.87. The Morgan fingerprint density at radius 2 is 1.68 bits per heavy atom. The Hall–Kier alpha value is -1.22. The quantitative estimate of drug-likeness (QED) is 0.842. The molecule has 1 aliphatic heterocycles. The van der Waals surface area contributed by atoms with Crippen LogP contribution in [0.3, 0.4) is 0 Å². The number of halogens is 1. The molecular weight excluding hydrogens is 310 g/mol. The maximum Gasteiger partial charge on any atom is 0.0238 e. The van der Waals surface area contributed by atoms with Crippen LogP contribution in [0.15, 0.2) is 59.5 Å². The Kier molecular flexibility index (Phi) is 6.13. The van der Waals surface area contributed by atoms with Crippen molar-refractivity contribution < 1.29 is 12.4 Å². The lowest BCUT2D eigenvalue weighted by atomic mass is 9.93. The van der Waals surface area contributed by atoms with Crippen LogP contribution in [0.25, 0.3) is 5.57 Å². The van der Waals surface area contributed by atoms with E-state index in [2.05, 4.69) is 73.6 Å². The molecular formula is C19H21ClNS-. The summed E-state index contributed by atoms with van der Waals surface area (Å²) in [7, 11) is 4.26. The van der Waals surface area contributed by atoms with Gasteiger partial charge in [-0.1, -0.05) is 48.5 Å². The van der Waals surface area contributed by atoms with Gasteiger partial charge in [0.25, 0.3) is 0 Å². The van der Waals surface area contributed by atoms with Gasteiger partial charge < -0.3 is 17.3 Å². The predicted molar refractivity (Wildman–Crippen MR) is 92.7 cm³/mol. The summed E-state index contributed by atoms with van der Waals surface area (Å²) in [5.41, 5.74) is 5.61. The first-order valence-corrected chi connectivity index (χ1v) is 8.39. The summed E-state index contributed by atoms with van der Waals surface area (Å²) in [5.74, 6) is 1.05. The van der Waals surface area contributed by atoms with Crippen molar-refractivity contribution >= 4 is 17.3 Å². The van der Waals surface area contributed by atoms with Gasteiger partial charge in [0, 0.05) is 17.2 Å². The summed E-state index contributed by atoms with van der Waals surface area (Å²) >= 11 is 1.94. The van der Waals surface area contributed by atoms with Crippen LogP contribution in [0, 0.1) is 0 Å². The number of thioether (sulfide) groups is 1. The maximum atomic E-state index is 2.41. The summed E-state index contributed by atoms with van der Waals surface area (Å²) in [4.78, 5) is 3.63. The van der Waals surface area contributed by atoms with Gasteiger partial charge in [0.05, 0.1) is 0 Å². The zero-order valence-electron chi connectivity index (χ0n) is 13.1. The standard InChI is InChI=1S/C19H21NS.ClH/c1-20(2)13-7-11-17-16-9-4-3-8-15(16)14-21-19-12-6-5-10-18(17)19;/h3-6,8-12H,7,13-14H2,1-2H3;1H/p-1. The van der Waals surface area contributed by atoms with Crippen molar-refractivity contribution in [3.05, 3.63) is 71.3 Å². The molecule has 1 heterocycles. The molecule has 116 valence electrons. The van der Waals surface area contributed by atoms with Crippen molar-refractivity contribution in [3.8, 4) is 0 Å². The second-order valence-electron chi connectivity index (χ2n) is 5.65. The van der Waals surface area contributed by atoms with Crippen LogP contribution in [-0.2, 0) is 5.75 Å². The summed E-state index contributed by atoms with van der Waals surface area (Å²) in [6.45, 7) is 1.08. The van der Waals surface area contributed by atoms with Crippen molar-refractivity contribution in [2.75, 3.05) is 20.6 Å². The SMILES string of the molecule is CN(C)CCC=C1c2ccccc2CSc2ccccc21.[Cl-]. The Bertz CT molecular complexity index is 614. The highest BCUT2D eigenvalue weighted by molar-refractivity contribution is 7.98. The lowest BCUT2D eigenvalue weighted by molar-refractivity contribution is -0.00000423. The Labute approximate surface area is 143 Å². The molecule has 0 aromatic heterocycles. The smallest absolute Gasteiger partial charge is 0.0238 e. The van der Waals surface area contributed by atoms with Gasteiger partial charge >= 0.3 is 0 Å². The molecule has 0 N–H and O–H groups in total. The van der Waals surface area contributed by atoms with Gasteiger partial charge in [-0.15, -0.1) is 11.8 Å². The summed E-state index contributed by atoms with van der Waals surface area (Å²) in [5, 5.41) is 0. The predicted octanol–water partition coefficient (Wildman–Crippen LogP) is 1.68. The number of hydrogen-bond acceptors (Lipinski definition) is 2. The molecule has 0 aliphatic carbocycles. The van der Waals surface area contributed by atoms with Gasteiger partial charge in [-0.05, 0) is 48.8 Å². The molecule has 1 nitrogen and oxygen atoms in total. The highest BCUT2D eigenvalue weighted by Crippen LogP contribution is 2.39. The Balaban J connectivity index is 0.00000176. The van der Waals surface area contributed by atoms with Gasteiger partial charge in [0.1, 0.15) is 0 Å². The van der Waals surface area contributed by atoms with E-state index in [1.54, 1.807) is 0 Å². The van der Waals surface area contributed by atoms with Gasteiger partial charge in [-0.25, -0.2) is 0 Å². The van der Waals surface area contributed by atoms with Crippen LogP contribution in [-0.4, -0.2) is 25.5 Å². The van der Waals surface area contributed by atoms with Crippen molar-refractivity contribution in [1.29, 1.82) is 0 Å². The van der Waals surface area contributed by atoms with Crippen LogP contribution in [0.4, 0.5) is 0 Å². The van der Waals surface area contributed by atoms with Crippen LogP contribution in [0.2, 0.25) is 0 Å². The van der Waals surface area contributed by atoms with Gasteiger partial charge in [0.15, 0.2) is 0 Å². The molecule has 0 radical (unpaired) electrons. The summed E-state index contributed by atoms with van der Waals surface area (Å²) < 4.78 is 0. The first-order chi connectivity index (χ1) is 10.3. The number of benzene rings is 2. The molecule has 2 aromatic carbocycles. The van der Waals surface area contributed by atoms with Gasteiger partial charge in [0.2, 0.25) is 0 Å². The Morgan fingerprint density at radius 1 is 1.00 bits per heavy atom. The number of hydrogen-bond donors (Lipinski definition) is 0. The third-order valence-electron chi connectivity index (χ3n) is 3.79. The van der Waals surface area contributed by atoms with E-state index in [1.165, 1.54) is 27.2 Å². The zero-order valence-corrected chi connectivity index (χ0v) is 14.6. The molecule has 3 rings (SSSR count). The number of fused-ring (bicyclic) bond motifs is 2. The molecule has 0 unspecified atom stereocenters. The third kappa shape index (κ3) is 3.75. The van der Waals surface area contributed by atoms with E-state index < -0.39 is 0 Å². The molecule has 0 atom stereocenters. The fraction of sp³-hybridized carbons (Fsp3) is 0.263. The van der Waals surface area contributed by atoms with Crippen LogP contribution in [0.5, 0.6) is 0 Å². The molecule has 0 fully saturated rings. The third-order valence-corrected chi connectivity index (χ3v) is 4.92. The highest BCUT2D eigenvalue weighted by Gasteiger charge is 2.17. The Morgan fingerprint density at radius 3 is 2.45 bits per heavy atom. The molecule has 1 aliphatic rings. The molecule has 0 saturated carbocycles. The molecule has 0 saturated heterocycles. The van der Waals surface area contributed by atoms with E-state index >= 15 is 0 Å². The minimum atomic E-state index is 0. The highest BCUT2D eigenvalue weighted by atomic mass is 35.5. The fourth-order valence-corrected chi connectivity index (χ4v) is 3.78. The topological polar surface area (TPSA) is 3.24 Å². The molecule has 0 amide bonds. The molecule has 0 bridgehead atoms. The van der Waals surface area contributed by atoms with Crippen LogP contribution < -0.4 is 12.4 Å². The normalized spacial score (nSPS) is 15.0. The number of nitrogens with zero attached hydrogens (tertiary/aromatic N) is 1. The monoisotopic (exact) mass is 330 g/mol.